The molecule has 2 rings (SSSR count). The van der Waals surface area contributed by atoms with Gasteiger partial charge in [0.15, 0.2) is 0 Å². The summed E-state index contributed by atoms with van der Waals surface area (Å²) in [4.78, 5) is 24.7. The van der Waals surface area contributed by atoms with Crippen molar-refractivity contribution in [1.82, 2.24) is 9.78 Å². The van der Waals surface area contributed by atoms with Crippen LogP contribution in [0.5, 0.6) is 0 Å². The molecule has 118 valence electrons. The van der Waals surface area contributed by atoms with Crippen LogP contribution >= 0.6 is 27.3 Å². The van der Waals surface area contributed by atoms with Crippen LogP contribution in [-0.4, -0.2) is 28.8 Å². The van der Waals surface area contributed by atoms with E-state index in [4.69, 9.17) is 4.74 Å². The monoisotopic (exact) mass is 385 g/mol. The molecule has 0 bridgehead atoms. The number of carbonyl (C=O) groups is 2. The Labute approximate surface area is 140 Å². The molecule has 2 aromatic rings. The number of aryl methyl sites for hydroxylation is 2. The fourth-order valence-corrected chi connectivity index (χ4v) is 3.13. The van der Waals surface area contributed by atoms with Gasteiger partial charge in [0, 0.05) is 17.0 Å². The first-order valence-electron chi connectivity index (χ1n) is 6.59. The first-order valence-corrected chi connectivity index (χ1v) is 8.19. The maximum Gasteiger partial charge on any atom is 0.340 e. The van der Waals surface area contributed by atoms with Gasteiger partial charge < -0.3 is 10.1 Å². The van der Waals surface area contributed by atoms with Gasteiger partial charge in [0.05, 0.1) is 29.9 Å². The molecule has 0 aliphatic rings. The first kappa shape index (κ1) is 16.7. The number of hydrogen-bond acceptors (Lipinski definition) is 5. The second kappa shape index (κ2) is 7.06. The SMILES string of the molecule is COC(=O)c1cc(C)sc1NC(=O)CCn1ncc(Br)c1C. The lowest BCUT2D eigenvalue weighted by Crippen LogP contribution is -2.16. The summed E-state index contributed by atoms with van der Waals surface area (Å²) in [5.74, 6) is -0.621. The van der Waals surface area contributed by atoms with Crippen molar-refractivity contribution < 1.29 is 14.3 Å². The van der Waals surface area contributed by atoms with Crippen molar-refractivity contribution in [2.45, 2.75) is 26.8 Å². The first-order chi connectivity index (χ1) is 10.4. The van der Waals surface area contributed by atoms with Gasteiger partial charge in [-0.2, -0.15) is 5.10 Å². The molecule has 0 atom stereocenters. The number of anilines is 1. The molecule has 8 heteroatoms. The summed E-state index contributed by atoms with van der Waals surface area (Å²) < 4.78 is 7.38. The van der Waals surface area contributed by atoms with Gasteiger partial charge in [0.1, 0.15) is 5.00 Å². The Balaban J connectivity index is 2.00. The highest BCUT2D eigenvalue weighted by Crippen LogP contribution is 2.28. The lowest BCUT2D eigenvalue weighted by Gasteiger charge is -2.06. The predicted octanol–water partition coefficient (Wildman–Crippen LogP) is 3.14. The zero-order chi connectivity index (χ0) is 16.3. The molecule has 22 heavy (non-hydrogen) atoms. The third kappa shape index (κ3) is 3.75. The van der Waals surface area contributed by atoms with E-state index in [0.717, 1.165) is 15.0 Å². The highest BCUT2D eigenvalue weighted by atomic mass is 79.9. The molecule has 0 fully saturated rings. The van der Waals surface area contributed by atoms with Crippen LogP contribution in [0.4, 0.5) is 5.00 Å². The minimum atomic E-state index is -0.452. The zero-order valence-corrected chi connectivity index (χ0v) is 14.9. The molecule has 0 radical (unpaired) electrons. The summed E-state index contributed by atoms with van der Waals surface area (Å²) >= 11 is 4.73. The quantitative estimate of drug-likeness (QED) is 0.802. The van der Waals surface area contributed by atoms with Crippen molar-refractivity contribution in [3.8, 4) is 0 Å². The number of esters is 1. The van der Waals surface area contributed by atoms with Crippen molar-refractivity contribution in [2.75, 3.05) is 12.4 Å². The van der Waals surface area contributed by atoms with Gasteiger partial charge in [-0.1, -0.05) is 0 Å². The van der Waals surface area contributed by atoms with Crippen LogP contribution in [0.3, 0.4) is 0 Å². The smallest absolute Gasteiger partial charge is 0.340 e. The molecule has 0 spiro atoms. The van der Waals surface area contributed by atoms with Crippen molar-refractivity contribution in [3.05, 3.63) is 32.9 Å². The molecule has 0 saturated carbocycles. The molecule has 0 unspecified atom stereocenters. The Morgan fingerprint density at radius 1 is 1.45 bits per heavy atom. The number of nitrogens with one attached hydrogen (secondary N) is 1. The van der Waals surface area contributed by atoms with Gasteiger partial charge in [0.25, 0.3) is 0 Å². The maximum atomic E-state index is 12.1. The fourth-order valence-electron chi connectivity index (χ4n) is 1.91. The van der Waals surface area contributed by atoms with Crippen molar-refractivity contribution in [2.24, 2.45) is 0 Å². The Hall–Kier alpha value is -1.67. The molecule has 1 N–H and O–H groups in total. The molecular formula is C14H16BrN3O3S. The summed E-state index contributed by atoms with van der Waals surface area (Å²) in [6, 6.07) is 1.71. The molecule has 1 amide bonds. The van der Waals surface area contributed by atoms with E-state index in [2.05, 4.69) is 26.3 Å². The molecule has 0 aliphatic heterocycles. The lowest BCUT2D eigenvalue weighted by molar-refractivity contribution is -0.116. The normalized spacial score (nSPS) is 10.5. The van der Waals surface area contributed by atoms with Gasteiger partial charge in [0.2, 0.25) is 5.91 Å². The van der Waals surface area contributed by atoms with Gasteiger partial charge >= 0.3 is 5.97 Å². The summed E-state index contributed by atoms with van der Waals surface area (Å²) in [6.45, 7) is 4.27. The van der Waals surface area contributed by atoms with Gasteiger partial charge in [-0.3, -0.25) is 9.48 Å². The number of hydrogen-bond donors (Lipinski definition) is 1. The summed E-state index contributed by atoms with van der Waals surface area (Å²) in [6.07, 6.45) is 1.97. The third-order valence-corrected chi connectivity index (χ3v) is 4.85. The second-order valence-corrected chi connectivity index (χ2v) is 6.80. The van der Waals surface area contributed by atoms with E-state index in [-0.39, 0.29) is 12.3 Å². The molecule has 2 aromatic heterocycles. The highest BCUT2D eigenvalue weighted by molar-refractivity contribution is 9.10. The number of halogens is 1. The number of thiophene rings is 1. The minimum Gasteiger partial charge on any atom is -0.465 e. The Bertz CT molecular complexity index is 708. The van der Waals surface area contributed by atoms with Crippen LogP contribution in [0.2, 0.25) is 0 Å². The number of methoxy groups -OCH3 is 1. The van der Waals surface area contributed by atoms with E-state index in [1.807, 2.05) is 13.8 Å². The van der Waals surface area contributed by atoms with E-state index in [9.17, 15) is 9.59 Å². The maximum absolute atomic E-state index is 12.1. The van der Waals surface area contributed by atoms with E-state index in [1.54, 1.807) is 16.9 Å². The standard InChI is InChI=1S/C14H16BrN3O3S/c1-8-6-10(14(20)21-3)13(22-8)17-12(19)4-5-18-9(2)11(15)7-16-18/h6-7H,4-5H2,1-3H3,(H,17,19). The number of aromatic nitrogens is 2. The average molecular weight is 386 g/mol. The van der Waals surface area contributed by atoms with Crippen LogP contribution < -0.4 is 5.32 Å². The summed E-state index contributed by atoms with van der Waals surface area (Å²) in [5, 5.41) is 7.47. The Morgan fingerprint density at radius 2 is 2.18 bits per heavy atom. The summed E-state index contributed by atoms with van der Waals surface area (Å²) in [5.41, 5.74) is 1.35. The van der Waals surface area contributed by atoms with Crippen molar-refractivity contribution >= 4 is 44.1 Å². The van der Waals surface area contributed by atoms with Crippen LogP contribution in [0, 0.1) is 13.8 Å². The van der Waals surface area contributed by atoms with Crippen LogP contribution in [0.15, 0.2) is 16.7 Å². The van der Waals surface area contributed by atoms with Gasteiger partial charge in [-0.05, 0) is 35.8 Å². The number of rotatable bonds is 5. The van der Waals surface area contributed by atoms with E-state index in [0.29, 0.717) is 17.1 Å². The average Bonchev–Trinajstić information content (AvgIpc) is 3.00. The van der Waals surface area contributed by atoms with Gasteiger partial charge in [-0.15, -0.1) is 11.3 Å². The number of amides is 1. The van der Waals surface area contributed by atoms with E-state index >= 15 is 0 Å². The highest BCUT2D eigenvalue weighted by Gasteiger charge is 2.17. The molecule has 0 aliphatic carbocycles. The van der Waals surface area contributed by atoms with Crippen molar-refractivity contribution in [1.29, 1.82) is 0 Å². The summed E-state index contributed by atoms with van der Waals surface area (Å²) in [7, 11) is 1.32. The minimum absolute atomic E-state index is 0.168. The lowest BCUT2D eigenvalue weighted by atomic mass is 10.3. The third-order valence-electron chi connectivity index (χ3n) is 3.11. The van der Waals surface area contributed by atoms with E-state index in [1.165, 1.54) is 18.4 Å². The number of nitrogens with zero attached hydrogens (tertiary/aromatic N) is 2. The molecular weight excluding hydrogens is 370 g/mol. The topological polar surface area (TPSA) is 73.2 Å². The molecule has 0 saturated heterocycles. The van der Waals surface area contributed by atoms with Gasteiger partial charge in [-0.25, -0.2) is 4.79 Å². The number of ether oxygens (including phenoxy) is 1. The largest absolute Gasteiger partial charge is 0.465 e. The fraction of sp³-hybridized carbons (Fsp3) is 0.357. The Kier molecular flexibility index (Phi) is 5.36. The van der Waals surface area contributed by atoms with Crippen LogP contribution in [-0.2, 0) is 16.1 Å². The predicted molar refractivity (Wildman–Crippen MR) is 88.3 cm³/mol. The Morgan fingerprint density at radius 3 is 2.77 bits per heavy atom. The number of carbonyl (C=O) groups excluding carboxylic acids is 2. The molecule has 2 heterocycles. The van der Waals surface area contributed by atoms with Crippen molar-refractivity contribution in [3.63, 3.8) is 0 Å². The molecule has 6 nitrogen and oxygen atoms in total. The van der Waals surface area contributed by atoms with Crippen LogP contribution in [0.25, 0.3) is 0 Å². The zero-order valence-electron chi connectivity index (χ0n) is 12.5. The second-order valence-electron chi connectivity index (χ2n) is 4.69. The van der Waals surface area contributed by atoms with Crippen LogP contribution in [0.1, 0.15) is 27.3 Å². The molecule has 0 aromatic carbocycles. The van der Waals surface area contributed by atoms with E-state index < -0.39 is 5.97 Å².